The Morgan fingerprint density at radius 2 is 2.33 bits per heavy atom. The topological polar surface area (TPSA) is 16.1 Å². The monoisotopic (exact) mass is 294 g/mol. The Bertz CT molecular complexity index is 322. The van der Waals surface area contributed by atoms with E-state index in [2.05, 4.69) is 20.9 Å². The molecule has 2 nitrogen and oxygen atoms in total. The second-order valence-corrected chi connectivity index (χ2v) is 4.37. The van der Waals surface area contributed by atoms with Crippen LogP contribution in [0.3, 0.4) is 0 Å². The molecule has 0 aliphatic carbocycles. The molecule has 0 N–H and O–H groups in total. The molecule has 84 valence electrons. The molecule has 0 amide bonds. The van der Waals surface area contributed by atoms with E-state index in [4.69, 9.17) is 11.6 Å². The Morgan fingerprint density at radius 3 is 2.87 bits per heavy atom. The molecule has 1 heterocycles. The first-order chi connectivity index (χ1) is 7.19. The summed E-state index contributed by atoms with van der Waals surface area (Å²) in [5.74, 6) is 0.667. The zero-order valence-electron chi connectivity index (χ0n) is 8.51. The quantitative estimate of drug-likeness (QED) is 0.774. The number of anilines is 1. The van der Waals surface area contributed by atoms with E-state index < -0.39 is 0 Å². The summed E-state index contributed by atoms with van der Waals surface area (Å²) in [6, 6.07) is 1.42. The fourth-order valence-corrected chi connectivity index (χ4v) is 1.73. The lowest BCUT2D eigenvalue weighted by atomic mass is 10.3. The van der Waals surface area contributed by atoms with Gasteiger partial charge in [-0.05, 0) is 35.3 Å². The van der Waals surface area contributed by atoms with Crippen LogP contribution in [0.1, 0.15) is 13.3 Å². The van der Waals surface area contributed by atoms with Crippen LogP contribution < -0.4 is 4.90 Å². The van der Waals surface area contributed by atoms with Crippen molar-refractivity contribution in [2.75, 3.05) is 23.9 Å². The molecule has 5 heteroatoms. The van der Waals surface area contributed by atoms with Crippen LogP contribution in [0.2, 0.25) is 0 Å². The zero-order chi connectivity index (χ0) is 11.3. The summed E-state index contributed by atoms with van der Waals surface area (Å²) in [7, 11) is 0. The van der Waals surface area contributed by atoms with Gasteiger partial charge in [-0.3, -0.25) is 0 Å². The predicted octanol–water partition coefficient (Wildman–Crippen LogP) is 3.44. The van der Waals surface area contributed by atoms with Crippen LogP contribution in [-0.2, 0) is 0 Å². The van der Waals surface area contributed by atoms with Gasteiger partial charge in [0.15, 0.2) is 11.6 Å². The van der Waals surface area contributed by atoms with Gasteiger partial charge < -0.3 is 4.90 Å². The highest BCUT2D eigenvalue weighted by Gasteiger charge is 2.11. The van der Waals surface area contributed by atoms with E-state index in [-0.39, 0.29) is 5.82 Å². The number of hydrogen-bond donors (Lipinski definition) is 0. The zero-order valence-corrected chi connectivity index (χ0v) is 10.9. The molecule has 0 bridgehead atoms. The van der Waals surface area contributed by atoms with Gasteiger partial charge in [-0.25, -0.2) is 9.37 Å². The molecule has 1 aromatic rings. The van der Waals surface area contributed by atoms with E-state index >= 15 is 0 Å². The number of halogens is 3. The first-order valence-electron chi connectivity index (χ1n) is 4.81. The van der Waals surface area contributed by atoms with E-state index in [1.807, 2.05) is 11.8 Å². The first kappa shape index (κ1) is 12.7. The number of pyridine rings is 1. The van der Waals surface area contributed by atoms with Gasteiger partial charge in [0.05, 0.1) is 0 Å². The maximum absolute atomic E-state index is 13.5. The normalized spacial score (nSPS) is 10.4. The molecule has 0 unspecified atom stereocenters. The van der Waals surface area contributed by atoms with Gasteiger partial charge in [-0.2, -0.15) is 0 Å². The first-order valence-corrected chi connectivity index (χ1v) is 6.13. The van der Waals surface area contributed by atoms with Gasteiger partial charge in [0.2, 0.25) is 0 Å². The smallest absolute Gasteiger partial charge is 0.166 e. The Kier molecular flexibility index (Phi) is 5.32. The molecule has 0 radical (unpaired) electrons. The number of hydrogen-bond acceptors (Lipinski definition) is 2. The molecule has 0 spiro atoms. The highest BCUT2D eigenvalue weighted by Crippen LogP contribution is 2.19. The van der Waals surface area contributed by atoms with Crippen molar-refractivity contribution in [3.8, 4) is 0 Å². The number of rotatable bonds is 5. The van der Waals surface area contributed by atoms with Gasteiger partial charge in [0, 0.05) is 29.6 Å². The lowest BCUT2D eigenvalue weighted by Crippen LogP contribution is -2.26. The molecule has 0 aliphatic heterocycles. The van der Waals surface area contributed by atoms with Crippen LogP contribution in [0.4, 0.5) is 10.2 Å². The summed E-state index contributed by atoms with van der Waals surface area (Å²) < 4.78 is 14.2. The van der Waals surface area contributed by atoms with Gasteiger partial charge in [-0.15, -0.1) is 11.6 Å². The Labute approximate surface area is 103 Å². The van der Waals surface area contributed by atoms with Crippen LogP contribution in [0.15, 0.2) is 16.7 Å². The predicted molar refractivity (Wildman–Crippen MR) is 65.1 cm³/mol. The highest BCUT2D eigenvalue weighted by atomic mass is 79.9. The van der Waals surface area contributed by atoms with Gasteiger partial charge in [0.25, 0.3) is 0 Å². The van der Waals surface area contributed by atoms with E-state index in [1.165, 1.54) is 6.07 Å². The fraction of sp³-hybridized carbons (Fsp3) is 0.500. The van der Waals surface area contributed by atoms with Crippen molar-refractivity contribution in [3.05, 3.63) is 22.6 Å². The van der Waals surface area contributed by atoms with E-state index in [1.54, 1.807) is 6.20 Å². The van der Waals surface area contributed by atoms with E-state index in [0.717, 1.165) is 19.5 Å². The lowest BCUT2D eigenvalue weighted by molar-refractivity contribution is 0.608. The fourth-order valence-electron chi connectivity index (χ4n) is 1.30. The molecular formula is C10H13BrClFN2. The molecular weight excluding hydrogens is 282 g/mol. The third-order valence-corrected chi connectivity index (χ3v) is 2.73. The SMILES string of the molecule is CCN(CCCCl)c1ncc(Br)cc1F. The lowest BCUT2D eigenvalue weighted by Gasteiger charge is -2.21. The minimum atomic E-state index is -0.305. The second kappa shape index (κ2) is 6.28. The van der Waals surface area contributed by atoms with Crippen molar-refractivity contribution in [2.24, 2.45) is 0 Å². The molecule has 0 aliphatic rings. The summed E-state index contributed by atoms with van der Waals surface area (Å²) in [6.45, 7) is 3.42. The number of alkyl halides is 1. The van der Waals surface area contributed by atoms with Crippen molar-refractivity contribution in [1.29, 1.82) is 0 Å². The van der Waals surface area contributed by atoms with Crippen LogP contribution in [0.5, 0.6) is 0 Å². The van der Waals surface area contributed by atoms with Crippen molar-refractivity contribution < 1.29 is 4.39 Å². The van der Waals surface area contributed by atoms with Crippen molar-refractivity contribution in [2.45, 2.75) is 13.3 Å². The molecule has 0 aromatic carbocycles. The molecule has 15 heavy (non-hydrogen) atoms. The third kappa shape index (κ3) is 3.61. The maximum Gasteiger partial charge on any atom is 0.166 e. The van der Waals surface area contributed by atoms with E-state index in [9.17, 15) is 4.39 Å². The number of nitrogens with zero attached hydrogens (tertiary/aromatic N) is 2. The summed E-state index contributed by atoms with van der Waals surface area (Å²) in [4.78, 5) is 5.94. The molecule has 0 atom stereocenters. The van der Waals surface area contributed by atoms with Crippen LogP contribution >= 0.6 is 27.5 Å². The molecule has 0 saturated heterocycles. The third-order valence-electron chi connectivity index (χ3n) is 2.03. The van der Waals surface area contributed by atoms with Gasteiger partial charge in [-0.1, -0.05) is 0 Å². The molecule has 1 aromatic heterocycles. The maximum atomic E-state index is 13.5. The van der Waals surface area contributed by atoms with Crippen LogP contribution in [-0.4, -0.2) is 24.0 Å². The second-order valence-electron chi connectivity index (χ2n) is 3.08. The number of aromatic nitrogens is 1. The molecule has 1 rings (SSSR count). The minimum Gasteiger partial charge on any atom is -0.354 e. The highest BCUT2D eigenvalue weighted by molar-refractivity contribution is 9.10. The summed E-state index contributed by atoms with van der Waals surface area (Å²) >= 11 is 8.78. The standard InChI is InChI=1S/C10H13BrClFN2/c1-2-15(5-3-4-12)10-9(13)6-8(11)7-14-10/h6-7H,2-5H2,1H3. The largest absolute Gasteiger partial charge is 0.354 e. The summed E-state index contributed by atoms with van der Waals surface area (Å²) in [5.41, 5.74) is 0. The van der Waals surface area contributed by atoms with Crippen LogP contribution in [0.25, 0.3) is 0 Å². The van der Waals surface area contributed by atoms with Crippen molar-refractivity contribution in [3.63, 3.8) is 0 Å². The minimum absolute atomic E-state index is 0.305. The average Bonchev–Trinajstić information content (AvgIpc) is 2.21. The molecule has 0 fully saturated rings. The Hall–Kier alpha value is -0.350. The summed E-state index contributed by atoms with van der Waals surface area (Å²) in [5, 5.41) is 0. The van der Waals surface area contributed by atoms with Crippen molar-refractivity contribution >= 4 is 33.3 Å². The Balaban J connectivity index is 2.81. The van der Waals surface area contributed by atoms with Gasteiger partial charge >= 0.3 is 0 Å². The van der Waals surface area contributed by atoms with Crippen molar-refractivity contribution in [1.82, 2.24) is 4.98 Å². The molecule has 0 saturated carbocycles. The van der Waals surface area contributed by atoms with Crippen LogP contribution in [0, 0.1) is 5.82 Å². The van der Waals surface area contributed by atoms with E-state index in [0.29, 0.717) is 16.2 Å². The summed E-state index contributed by atoms with van der Waals surface area (Å²) in [6.07, 6.45) is 2.42. The Morgan fingerprint density at radius 1 is 1.60 bits per heavy atom. The van der Waals surface area contributed by atoms with Gasteiger partial charge in [0.1, 0.15) is 0 Å². The average molecular weight is 296 g/mol.